The molecule has 0 fully saturated rings. The number of nitrogens with two attached hydrogens (primary N) is 1. The van der Waals surface area contributed by atoms with Gasteiger partial charge in [0.1, 0.15) is 6.04 Å². The smallest absolute Gasteiger partial charge is 0.320 e. The Morgan fingerprint density at radius 3 is 2.76 bits per heavy atom. The molecule has 0 saturated heterocycles. The molecule has 0 aliphatic rings. The minimum absolute atomic E-state index is 0.0607. The quantitative estimate of drug-likeness (QED) is 0.679. The van der Waals surface area contributed by atoms with E-state index in [9.17, 15) is 13.2 Å². The number of nitriles is 1. The van der Waals surface area contributed by atoms with Crippen LogP contribution in [0.25, 0.3) is 0 Å². The summed E-state index contributed by atoms with van der Waals surface area (Å²) in [6.07, 6.45) is 0.296. The van der Waals surface area contributed by atoms with Gasteiger partial charge in [0.25, 0.3) is 0 Å². The largest absolute Gasteiger partial charge is 0.480 e. The first-order valence-electron chi connectivity index (χ1n) is 6.16. The first-order valence-corrected chi connectivity index (χ1v) is 8.96. The number of carbonyl (C=O) groups is 1. The lowest BCUT2D eigenvalue weighted by Gasteiger charge is -2.07. The summed E-state index contributed by atoms with van der Waals surface area (Å²) in [5.41, 5.74) is 5.65. The van der Waals surface area contributed by atoms with Crippen LogP contribution in [-0.4, -0.2) is 42.8 Å². The summed E-state index contributed by atoms with van der Waals surface area (Å²) < 4.78 is 24.1. The molecule has 0 heterocycles. The average Bonchev–Trinajstić information content (AvgIpc) is 2.46. The zero-order valence-corrected chi connectivity index (χ0v) is 12.9. The van der Waals surface area contributed by atoms with Gasteiger partial charge in [0.05, 0.1) is 22.3 Å². The Morgan fingerprint density at radius 1 is 1.43 bits per heavy atom. The molecule has 0 radical (unpaired) electrons. The van der Waals surface area contributed by atoms with Gasteiger partial charge in [0.15, 0.2) is 9.84 Å². The number of thioether (sulfide) groups is 1. The van der Waals surface area contributed by atoms with Crippen molar-refractivity contribution in [2.75, 3.05) is 17.3 Å². The molecular weight excluding hydrogens is 312 g/mol. The van der Waals surface area contributed by atoms with Crippen LogP contribution in [0.15, 0.2) is 29.2 Å². The summed E-state index contributed by atoms with van der Waals surface area (Å²) in [5.74, 6) is -0.279. The molecule has 0 bridgehead atoms. The fourth-order valence-corrected chi connectivity index (χ4v) is 4.28. The first kappa shape index (κ1) is 17.5. The van der Waals surface area contributed by atoms with E-state index >= 15 is 0 Å². The highest BCUT2D eigenvalue weighted by molar-refractivity contribution is 8.00. The van der Waals surface area contributed by atoms with E-state index in [1.54, 1.807) is 6.07 Å². The number of carboxylic acids is 1. The summed E-state index contributed by atoms with van der Waals surface area (Å²) in [4.78, 5) is 10.6. The zero-order chi connectivity index (χ0) is 15.9. The molecule has 114 valence electrons. The third-order valence-corrected chi connectivity index (χ3v) is 5.70. The Bertz CT molecular complexity index is 638. The maximum atomic E-state index is 12.1. The standard InChI is InChI=1S/C13H16N2O4S2/c14-9-10-2-1-3-11(8-10)21(18,19)7-6-20-5-4-12(15)13(16)17/h1-3,8,12H,4-7,15H2,(H,16,17). The Balaban J connectivity index is 2.47. The summed E-state index contributed by atoms with van der Waals surface area (Å²) in [7, 11) is -3.43. The maximum absolute atomic E-state index is 12.1. The molecule has 1 aromatic rings. The van der Waals surface area contributed by atoms with Gasteiger partial charge >= 0.3 is 5.97 Å². The topological polar surface area (TPSA) is 121 Å². The number of nitrogens with zero attached hydrogens (tertiary/aromatic N) is 1. The number of aliphatic carboxylic acids is 1. The molecule has 21 heavy (non-hydrogen) atoms. The second kappa shape index (κ2) is 8.02. The van der Waals surface area contributed by atoms with Crippen LogP contribution < -0.4 is 5.73 Å². The third kappa shape index (κ3) is 5.75. The van der Waals surface area contributed by atoms with Crippen LogP contribution in [0, 0.1) is 11.3 Å². The van der Waals surface area contributed by atoms with E-state index in [2.05, 4.69) is 0 Å². The fraction of sp³-hybridized carbons (Fsp3) is 0.385. The second-order valence-corrected chi connectivity index (χ2v) is 7.64. The van der Waals surface area contributed by atoms with E-state index in [1.165, 1.54) is 30.0 Å². The van der Waals surface area contributed by atoms with E-state index in [0.717, 1.165) is 0 Å². The van der Waals surface area contributed by atoms with Gasteiger partial charge in [-0.15, -0.1) is 0 Å². The molecule has 1 rings (SSSR count). The van der Waals surface area contributed by atoms with Gasteiger partial charge in [-0.2, -0.15) is 17.0 Å². The fourth-order valence-electron chi connectivity index (χ4n) is 1.48. The van der Waals surface area contributed by atoms with E-state index in [4.69, 9.17) is 16.1 Å². The van der Waals surface area contributed by atoms with Crippen molar-refractivity contribution < 1.29 is 18.3 Å². The Morgan fingerprint density at radius 2 is 2.14 bits per heavy atom. The number of carboxylic acid groups (broad SMARTS) is 1. The third-order valence-electron chi connectivity index (χ3n) is 2.71. The number of hydrogen-bond donors (Lipinski definition) is 2. The van der Waals surface area contributed by atoms with Gasteiger partial charge in [0, 0.05) is 5.75 Å². The number of rotatable bonds is 8. The molecule has 0 aromatic heterocycles. The molecule has 0 amide bonds. The highest BCUT2D eigenvalue weighted by atomic mass is 32.2. The van der Waals surface area contributed by atoms with Crippen molar-refractivity contribution in [2.45, 2.75) is 17.4 Å². The first-order chi connectivity index (χ1) is 9.86. The molecule has 0 aliphatic heterocycles. The van der Waals surface area contributed by atoms with Crippen molar-refractivity contribution in [2.24, 2.45) is 5.73 Å². The zero-order valence-electron chi connectivity index (χ0n) is 11.2. The summed E-state index contributed by atoms with van der Waals surface area (Å²) in [6.45, 7) is 0. The van der Waals surface area contributed by atoms with Crippen LogP contribution in [0.2, 0.25) is 0 Å². The normalized spacial score (nSPS) is 12.6. The van der Waals surface area contributed by atoms with Crippen molar-refractivity contribution in [1.29, 1.82) is 5.26 Å². The molecule has 6 nitrogen and oxygen atoms in total. The lowest BCUT2D eigenvalue weighted by molar-refractivity contribution is -0.138. The molecular formula is C13H16N2O4S2. The number of hydrogen-bond acceptors (Lipinski definition) is 6. The molecule has 0 aliphatic carbocycles. The van der Waals surface area contributed by atoms with Gasteiger partial charge < -0.3 is 10.8 Å². The highest BCUT2D eigenvalue weighted by Crippen LogP contribution is 2.15. The maximum Gasteiger partial charge on any atom is 0.320 e. The average molecular weight is 328 g/mol. The van der Waals surface area contributed by atoms with Crippen molar-refractivity contribution in [3.63, 3.8) is 0 Å². The predicted octanol–water partition coefficient (Wildman–Crippen LogP) is 0.867. The molecule has 1 unspecified atom stereocenters. The summed E-state index contributed by atoms with van der Waals surface area (Å²) >= 11 is 1.34. The van der Waals surface area contributed by atoms with E-state index < -0.39 is 21.8 Å². The minimum Gasteiger partial charge on any atom is -0.480 e. The van der Waals surface area contributed by atoms with Crippen molar-refractivity contribution in [3.05, 3.63) is 29.8 Å². The molecule has 0 spiro atoms. The molecule has 1 aromatic carbocycles. The highest BCUT2D eigenvalue weighted by Gasteiger charge is 2.15. The van der Waals surface area contributed by atoms with E-state index in [-0.39, 0.29) is 10.6 Å². The van der Waals surface area contributed by atoms with Gasteiger partial charge in [-0.25, -0.2) is 8.42 Å². The van der Waals surface area contributed by atoms with E-state index in [0.29, 0.717) is 23.5 Å². The van der Waals surface area contributed by atoms with Crippen LogP contribution >= 0.6 is 11.8 Å². The van der Waals surface area contributed by atoms with Gasteiger partial charge in [-0.05, 0) is 30.4 Å². The van der Waals surface area contributed by atoms with Crippen LogP contribution in [0.4, 0.5) is 0 Å². The lowest BCUT2D eigenvalue weighted by atomic mass is 10.2. The van der Waals surface area contributed by atoms with Crippen molar-refractivity contribution in [1.82, 2.24) is 0 Å². The summed E-state index contributed by atoms with van der Waals surface area (Å²) in [6, 6.07) is 6.87. The number of benzene rings is 1. The van der Waals surface area contributed by atoms with Crippen molar-refractivity contribution >= 4 is 27.6 Å². The molecule has 3 N–H and O–H groups in total. The second-order valence-electron chi connectivity index (χ2n) is 4.30. The lowest BCUT2D eigenvalue weighted by Crippen LogP contribution is -2.30. The van der Waals surface area contributed by atoms with Gasteiger partial charge in [0.2, 0.25) is 0 Å². The van der Waals surface area contributed by atoms with E-state index in [1.807, 2.05) is 6.07 Å². The van der Waals surface area contributed by atoms with Crippen LogP contribution in [0.1, 0.15) is 12.0 Å². The Kier molecular flexibility index (Phi) is 6.68. The van der Waals surface area contributed by atoms with Gasteiger partial charge in [-0.1, -0.05) is 6.07 Å². The monoisotopic (exact) mass is 328 g/mol. The van der Waals surface area contributed by atoms with Crippen molar-refractivity contribution in [3.8, 4) is 6.07 Å². The molecule has 1 atom stereocenters. The van der Waals surface area contributed by atoms with Crippen LogP contribution in [0.5, 0.6) is 0 Å². The van der Waals surface area contributed by atoms with Crippen LogP contribution in [-0.2, 0) is 14.6 Å². The predicted molar refractivity (Wildman–Crippen MR) is 80.8 cm³/mol. The SMILES string of the molecule is N#Cc1cccc(S(=O)(=O)CCSCCC(N)C(=O)O)c1. The molecule has 8 heteroatoms. The minimum atomic E-state index is -3.43. The number of sulfone groups is 1. The van der Waals surface area contributed by atoms with Gasteiger partial charge in [-0.3, -0.25) is 4.79 Å². The Hall–Kier alpha value is -1.56. The Labute approximate surface area is 127 Å². The summed E-state index contributed by atoms with van der Waals surface area (Å²) in [5, 5.41) is 17.4. The molecule has 0 saturated carbocycles. The van der Waals surface area contributed by atoms with Crippen LogP contribution in [0.3, 0.4) is 0 Å².